The number of hydrogen-bond acceptors (Lipinski definition) is 6. The summed E-state index contributed by atoms with van der Waals surface area (Å²) in [6.45, 7) is 2.54. The van der Waals surface area contributed by atoms with Crippen molar-refractivity contribution in [2.75, 3.05) is 33.9 Å². The normalized spacial score (nSPS) is 23.7. The number of amides is 1. The summed E-state index contributed by atoms with van der Waals surface area (Å²) in [4.78, 5) is 15.1. The summed E-state index contributed by atoms with van der Waals surface area (Å²) in [5.41, 5.74) is 9.21. The van der Waals surface area contributed by atoms with Crippen molar-refractivity contribution in [1.82, 2.24) is 30.7 Å². The molecular formula is C21H30N6O2. The van der Waals surface area contributed by atoms with E-state index in [2.05, 4.69) is 21.2 Å². The van der Waals surface area contributed by atoms with Crippen molar-refractivity contribution >= 4 is 5.91 Å². The third kappa shape index (κ3) is 4.34. The van der Waals surface area contributed by atoms with E-state index in [0.29, 0.717) is 37.4 Å². The number of hydrogen-bond donors (Lipinski definition) is 2. The van der Waals surface area contributed by atoms with E-state index in [0.717, 1.165) is 37.1 Å². The second kappa shape index (κ2) is 9.02. The number of nitrogens with zero attached hydrogens (tertiary/aromatic N) is 4. The fraction of sp³-hybridized carbons (Fsp3) is 0.571. The van der Waals surface area contributed by atoms with Crippen molar-refractivity contribution in [2.24, 2.45) is 5.92 Å². The highest BCUT2D eigenvalue weighted by Gasteiger charge is 2.38. The predicted octanol–water partition coefficient (Wildman–Crippen LogP) is 1.40. The number of aromatic nitrogens is 3. The third-order valence-corrected chi connectivity index (χ3v) is 6.14. The van der Waals surface area contributed by atoms with Gasteiger partial charge in [-0.1, -0.05) is 35.5 Å². The molecule has 1 saturated carbocycles. The lowest BCUT2D eigenvalue weighted by Gasteiger charge is -2.30. The first kappa shape index (κ1) is 20.0. The Morgan fingerprint density at radius 3 is 2.93 bits per heavy atom. The summed E-state index contributed by atoms with van der Waals surface area (Å²) in [6, 6.07) is 10.6. The number of rotatable bonds is 7. The van der Waals surface area contributed by atoms with Gasteiger partial charge in [-0.05, 0) is 30.7 Å². The molecule has 3 atom stereocenters. The molecule has 3 unspecified atom stereocenters. The lowest BCUT2D eigenvalue weighted by atomic mass is 9.77. The number of nitrogens with one attached hydrogen (secondary N) is 2. The fourth-order valence-electron chi connectivity index (χ4n) is 4.45. The van der Waals surface area contributed by atoms with Gasteiger partial charge in [0.2, 0.25) is 0 Å². The molecule has 1 amide bonds. The minimum Gasteiger partial charge on any atom is -0.383 e. The highest BCUT2D eigenvalue weighted by atomic mass is 16.5. The number of fused-ring (bicyclic) bond motifs is 1. The molecule has 2 aliphatic rings. The Bertz CT molecular complexity index is 824. The Labute approximate surface area is 171 Å². The van der Waals surface area contributed by atoms with Crippen molar-refractivity contribution in [1.29, 1.82) is 0 Å². The van der Waals surface area contributed by atoms with Crippen LogP contribution in [0.4, 0.5) is 0 Å². The number of ether oxygens (including phenoxy) is 1. The SMILES string of the molecule is COCCN(C)C(=O)c1c(C2CCC3NNCC3C2)nnn1Cc1ccccc1. The van der Waals surface area contributed by atoms with Gasteiger partial charge in [-0.2, -0.15) is 0 Å². The first-order valence-corrected chi connectivity index (χ1v) is 10.4. The zero-order valence-corrected chi connectivity index (χ0v) is 17.2. The predicted molar refractivity (Wildman–Crippen MR) is 109 cm³/mol. The van der Waals surface area contributed by atoms with Gasteiger partial charge in [0, 0.05) is 39.2 Å². The molecule has 2 heterocycles. The number of likely N-dealkylation sites (N-methyl/N-ethyl adjacent to an activating group) is 1. The maximum absolute atomic E-state index is 13.4. The smallest absolute Gasteiger partial charge is 0.273 e. The van der Waals surface area contributed by atoms with E-state index in [4.69, 9.17) is 4.74 Å². The van der Waals surface area contributed by atoms with Crippen molar-refractivity contribution in [3.63, 3.8) is 0 Å². The molecule has 1 aromatic heterocycles. The first-order valence-electron chi connectivity index (χ1n) is 10.4. The molecule has 0 bridgehead atoms. The molecule has 1 aromatic carbocycles. The minimum atomic E-state index is -0.0391. The van der Waals surface area contributed by atoms with Gasteiger partial charge in [0.25, 0.3) is 5.91 Å². The van der Waals surface area contributed by atoms with Gasteiger partial charge in [0.1, 0.15) is 0 Å². The largest absolute Gasteiger partial charge is 0.383 e. The molecule has 1 aliphatic carbocycles. The molecule has 1 aliphatic heterocycles. The van der Waals surface area contributed by atoms with E-state index in [1.165, 1.54) is 0 Å². The fourth-order valence-corrected chi connectivity index (χ4v) is 4.45. The second-order valence-corrected chi connectivity index (χ2v) is 8.09. The Kier molecular flexibility index (Phi) is 6.22. The van der Waals surface area contributed by atoms with Gasteiger partial charge in [-0.15, -0.1) is 5.10 Å². The summed E-state index contributed by atoms with van der Waals surface area (Å²) < 4.78 is 6.93. The molecule has 1 saturated heterocycles. The van der Waals surface area contributed by atoms with Gasteiger partial charge in [-0.25, -0.2) is 4.68 Å². The van der Waals surface area contributed by atoms with E-state index in [1.807, 2.05) is 37.4 Å². The van der Waals surface area contributed by atoms with Crippen LogP contribution in [0.1, 0.15) is 46.9 Å². The lowest BCUT2D eigenvalue weighted by molar-refractivity contribution is 0.0730. The summed E-state index contributed by atoms with van der Waals surface area (Å²) >= 11 is 0. The standard InChI is InChI=1S/C21H30N6O2/c1-26(10-11-29-2)21(28)20-19(16-8-9-18-17(12-16)13-22-23-18)24-25-27(20)14-15-6-4-3-5-7-15/h3-7,16-18,22-23H,8-14H2,1-2H3. The van der Waals surface area contributed by atoms with Crippen molar-refractivity contribution < 1.29 is 9.53 Å². The van der Waals surface area contributed by atoms with Gasteiger partial charge in [-0.3, -0.25) is 15.6 Å². The highest BCUT2D eigenvalue weighted by Crippen LogP contribution is 2.38. The average Bonchev–Trinajstić information content (AvgIpc) is 3.38. The molecule has 0 radical (unpaired) electrons. The number of hydrazine groups is 1. The topological polar surface area (TPSA) is 84.3 Å². The van der Waals surface area contributed by atoms with Crippen LogP contribution in [0.25, 0.3) is 0 Å². The Morgan fingerprint density at radius 1 is 1.31 bits per heavy atom. The molecule has 156 valence electrons. The zero-order chi connectivity index (χ0) is 20.2. The van der Waals surface area contributed by atoms with Crippen LogP contribution in [0.5, 0.6) is 0 Å². The van der Waals surface area contributed by atoms with Crippen LogP contribution in [-0.2, 0) is 11.3 Å². The monoisotopic (exact) mass is 398 g/mol. The number of methoxy groups -OCH3 is 1. The van der Waals surface area contributed by atoms with Crippen molar-refractivity contribution in [2.45, 2.75) is 37.8 Å². The Morgan fingerprint density at radius 2 is 2.14 bits per heavy atom. The van der Waals surface area contributed by atoms with Crippen molar-refractivity contribution in [3.8, 4) is 0 Å². The van der Waals surface area contributed by atoms with Crippen molar-refractivity contribution in [3.05, 3.63) is 47.3 Å². The van der Waals surface area contributed by atoms with Crippen LogP contribution < -0.4 is 10.9 Å². The second-order valence-electron chi connectivity index (χ2n) is 8.09. The molecule has 2 aromatic rings. The van der Waals surface area contributed by atoms with Crippen LogP contribution in [0.15, 0.2) is 30.3 Å². The van der Waals surface area contributed by atoms with E-state index in [1.54, 1.807) is 16.7 Å². The Balaban J connectivity index is 1.62. The number of carbonyl (C=O) groups excluding carboxylic acids is 1. The lowest BCUT2D eigenvalue weighted by Crippen LogP contribution is -2.36. The molecule has 8 heteroatoms. The van der Waals surface area contributed by atoms with Gasteiger partial charge in [0.15, 0.2) is 5.69 Å². The summed E-state index contributed by atoms with van der Waals surface area (Å²) in [5, 5.41) is 8.94. The quantitative estimate of drug-likeness (QED) is 0.734. The highest BCUT2D eigenvalue weighted by molar-refractivity contribution is 5.93. The Hall–Kier alpha value is -2.29. The van der Waals surface area contributed by atoms with Crippen LogP contribution in [0.2, 0.25) is 0 Å². The first-order chi connectivity index (χ1) is 14.2. The number of carbonyl (C=O) groups is 1. The van der Waals surface area contributed by atoms with Crippen LogP contribution in [0.3, 0.4) is 0 Å². The third-order valence-electron chi connectivity index (χ3n) is 6.14. The van der Waals surface area contributed by atoms with E-state index < -0.39 is 0 Å². The maximum Gasteiger partial charge on any atom is 0.273 e. The summed E-state index contributed by atoms with van der Waals surface area (Å²) in [7, 11) is 3.46. The van der Waals surface area contributed by atoms with Gasteiger partial charge >= 0.3 is 0 Å². The van der Waals surface area contributed by atoms with Crippen LogP contribution in [-0.4, -0.2) is 65.7 Å². The van der Waals surface area contributed by atoms with Gasteiger partial charge in [0.05, 0.1) is 18.8 Å². The molecule has 8 nitrogen and oxygen atoms in total. The molecule has 2 fully saturated rings. The van der Waals surface area contributed by atoms with E-state index in [9.17, 15) is 4.79 Å². The molecule has 2 N–H and O–H groups in total. The molecule has 4 rings (SSSR count). The van der Waals surface area contributed by atoms with Gasteiger partial charge < -0.3 is 9.64 Å². The molecular weight excluding hydrogens is 368 g/mol. The number of benzene rings is 1. The maximum atomic E-state index is 13.4. The summed E-state index contributed by atoms with van der Waals surface area (Å²) in [6.07, 6.45) is 3.12. The van der Waals surface area contributed by atoms with Crippen LogP contribution >= 0.6 is 0 Å². The summed E-state index contributed by atoms with van der Waals surface area (Å²) in [5.74, 6) is 0.794. The molecule has 29 heavy (non-hydrogen) atoms. The zero-order valence-electron chi connectivity index (χ0n) is 17.2. The van der Waals surface area contributed by atoms with Crippen LogP contribution in [0, 0.1) is 5.92 Å². The minimum absolute atomic E-state index is 0.0391. The average molecular weight is 399 g/mol. The van der Waals surface area contributed by atoms with E-state index >= 15 is 0 Å². The molecule has 0 spiro atoms. The van der Waals surface area contributed by atoms with E-state index in [-0.39, 0.29) is 11.8 Å².